The van der Waals surface area contributed by atoms with Crippen molar-refractivity contribution < 1.29 is 40.0 Å². The van der Waals surface area contributed by atoms with Crippen molar-refractivity contribution in [2.75, 3.05) is 0 Å². The largest absolute Gasteiger partial charge is 0.388 e. The molecule has 1 spiro atoms. The third-order valence-electron chi connectivity index (χ3n) is 4.78. The first-order valence-electron chi connectivity index (χ1n) is 6.28. The fraction of sp³-hybridized carbons (Fsp3) is 0.900. The summed E-state index contributed by atoms with van der Waals surface area (Å²) in [5.41, 5.74) is 4.04. The molecule has 4 bridgehead atoms. The summed E-state index contributed by atoms with van der Waals surface area (Å²) in [7, 11) is 0. The van der Waals surface area contributed by atoms with E-state index in [9.17, 15) is 25.5 Å². The van der Waals surface area contributed by atoms with Crippen molar-refractivity contribution in [1.29, 1.82) is 0 Å². The van der Waals surface area contributed by atoms with Gasteiger partial charge in [0.1, 0.15) is 24.4 Å². The minimum atomic E-state index is -2.37. The number of hydrogen-bond acceptors (Lipinski definition) is 9. The monoisotopic (exact) mass is 290 g/mol. The van der Waals surface area contributed by atoms with Crippen molar-refractivity contribution in [2.24, 2.45) is 11.7 Å². The molecule has 0 amide bonds. The van der Waals surface area contributed by atoms with Crippen molar-refractivity contribution in [2.45, 2.75) is 48.3 Å². The number of guanidine groups is 1. The molecule has 10 nitrogen and oxygen atoms in total. The molecule has 4 aliphatic heterocycles. The van der Waals surface area contributed by atoms with E-state index in [1.54, 1.807) is 0 Å². The highest BCUT2D eigenvalue weighted by atomic mass is 16.9. The number of rotatable bonds is 0. The average molecular weight is 290 g/mol. The van der Waals surface area contributed by atoms with Crippen molar-refractivity contribution >= 4 is 5.96 Å². The van der Waals surface area contributed by atoms with E-state index in [0.717, 1.165) is 0 Å². The maximum Gasteiger partial charge on any atom is 0.343 e. The van der Waals surface area contributed by atoms with Gasteiger partial charge in [-0.3, -0.25) is 16.0 Å². The Kier molecular flexibility index (Phi) is 2.17. The first-order chi connectivity index (χ1) is 9.31. The Bertz CT molecular complexity index is 503. The zero-order valence-corrected chi connectivity index (χ0v) is 10.2. The van der Waals surface area contributed by atoms with Crippen molar-refractivity contribution in [3.05, 3.63) is 0 Å². The normalized spacial score (nSPS) is 63.6. The van der Waals surface area contributed by atoms with Crippen LogP contribution in [0.25, 0.3) is 0 Å². The molecular formula is C10H16N3O7+. The van der Waals surface area contributed by atoms with Gasteiger partial charge in [0.05, 0.1) is 5.92 Å². The maximum atomic E-state index is 10.4. The van der Waals surface area contributed by atoms with Crippen LogP contribution in [0.1, 0.15) is 0 Å². The Morgan fingerprint density at radius 3 is 2.50 bits per heavy atom. The lowest BCUT2D eigenvalue weighted by Crippen LogP contribution is -3.02. The molecule has 9 N–H and O–H groups in total. The van der Waals surface area contributed by atoms with Crippen molar-refractivity contribution in [3.8, 4) is 0 Å². The fourth-order valence-corrected chi connectivity index (χ4v) is 3.98. The van der Waals surface area contributed by atoms with E-state index >= 15 is 0 Å². The molecule has 1 saturated carbocycles. The molecule has 9 unspecified atom stereocenters. The predicted molar refractivity (Wildman–Crippen MR) is 58.2 cm³/mol. The molecule has 0 aromatic rings. The van der Waals surface area contributed by atoms with E-state index < -0.39 is 54.2 Å². The van der Waals surface area contributed by atoms with Crippen LogP contribution in [0.4, 0.5) is 0 Å². The van der Waals surface area contributed by atoms with Gasteiger partial charge in [-0.05, 0) is 0 Å². The Morgan fingerprint density at radius 2 is 1.80 bits per heavy atom. The van der Waals surface area contributed by atoms with Gasteiger partial charge in [-0.2, -0.15) is 0 Å². The maximum absolute atomic E-state index is 10.4. The molecule has 1 aliphatic carbocycles. The molecule has 112 valence electrons. The van der Waals surface area contributed by atoms with Crippen LogP contribution in [-0.2, 0) is 9.47 Å². The molecule has 10 heteroatoms. The van der Waals surface area contributed by atoms with E-state index in [-0.39, 0.29) is 5.96 Å². The number of nitrogens with one attached hydrogen (secondary N) is 2. The zero-order valence-electron chi connectivity index (χ0n) is 10.2. The summed E-state index contributed by atoms with van der Waals surface area (Å²) in [6.45, 7) is 0. The third-order valence-corrected chi connectivity index (χ3v) is 4.78. The molecule has 0 aromatic carbocycles. The van der Waals surface area contributed by atoms with E-state index in [1.165, 1.54) is 0 Å². The summed E-state index contributed by atoms with van der Waals surface area (Å²) in [5, 5.41) is 53.9. The van der Waals surface area contributed by atoms with Gasteiger partial charge in [0.25, 0.3) is 0 Å². The van der Waals surface area contributed by atoms with Crippen LogP contribution < -0.4 is 16.0 Å². The van der Waals surface area contributed by atoms with Crippen LogP contribution in [0.3, 0.4) is 0 Å². The number of aliphatic hydroxyl groups is 5. The Morgan fingerprint density at radius 1 is 1.15 bits per heavy atom. The van der Waals surface area contributed by atoms with Gasteiger partial charge in [-0.15, -0.1) is 0 Å². The molecule has 0 radical (unpaired) electrons. The van der Waals surface area contributed by atoms with Crippen molar-refractivity contribution in [1.82, 2.24) is 5.32 Å². The first kappa shape index (κ1) is 12.7. The highest BCUT2D eigenvalue weighted by molar-refractivity contribution is 5.74. The van der Waals surface area contributed by atoms with Crippen LogP contribution in [-0.4, -0.2) is 79.8 Å². The van der Waals surface area contributed by atoms with Gasteiger partial charge in [0, 0.05) is 0 Å². The van der Waals surface area contributed by atoms with Crippen LogP contribution in [0.2, 0.25) is 0 Å². The van der Waals surface area contributed by atoms with Gasteiger partial charge >= 0.3 is 11.9 Å². The lowest BCUT2D eigenvalue weighted by atomic mass is 9.59. The lowest BCUT2D eigenvalue weighted by molar-refractivity contribution is -0.615. The van der Waals surface area contributed by atoms with E-state index in [0.29, 0.717) is 0 Å². The first-order valence-corrected chi connectivity index (χ1v) is 6.28. The standard InChI is InChI=1S/C10H15N3O7/c11-8-12-6(16)1-3-2(14)4-5(15)9(1,13-8)7(17)10(18,19-3)20-4/h1-7,14-18H,(H3,11,12,13)/p+1. The molecule has 5 aliphatic rings. The number of nitrogens with two attached hydrogens (primary N) is 1. The number of hydrogen-bond donors (Lipinski definition) is 8. The molecule has 3 saturated heterocycles. The highest BCUT2D eigenvalue weighted by Crippen LogP contribution is 2.54. The second-order valence-corrected chi connectivity index (χ2v) is 5.72. The molecule has 0 aromatic heterocycles. The Balaban J connectivity index is 1.92. The van der Waals surface area contributed by atoms with Crippen molar-refractivity contribution in [3.63, 3.8) is 0 Å². The van der Waals surface area contributed by atoms with Gasteiger partial charge in [0.2, 0.25) is 0 Å². The second-order valence-electron chi connectivity index (χ2n) is 5.72. The summed E-state index contributed by atoms with van der Waals surface area (Å²) in [5.74, 6) is -3.36. The summed E-state index contributed by atoms with van der Waals surface area (Å²) in [6.07, 6.45) is -7.83. The van der Waals surface area contributed by atoms with Crippen LogP contribution in [0.15, 0.2) is 0 Å². The summed E-state index contributed by atoms with van der Waals surface area (Å²) < 4.78 is 10.2. The minimum absolute atomic E-state index is 0.0631. The van der Waals surface area contributed by atoms with Crippen LogP contribution in [0.5, 0.6) is 0 Å². The molecule has 20 heavy (non-hydrogen) atoms. The average Bonchev–Trinajstić information content (AvgIpc) is 2.36. The van der Waals surface area contributed by atoms with Gasteiger partial charge in [-0.1, -0.05) is 0 Å². The smallest absolute Gasteiger partial charge is 0.343 e. The topological polar surface area (TPSA) is 172 Å². The SMILES string of the molecule is NC1=[NH+]C(O)C2C3OC4(O)OC(C3O)C(O)C2(N1)C4O. The van der Waals surface area contributed by atoms with Crippen LogP contribution in [0, 0.1) is 5.92 Å². The summed E-state index contributed by atoms with van der Waals surface area (Å²) >= 11 is 0. The molecular weight excluding hydrogens is 274 g/mol. The quantitative estimate of drug-likeness (QED) is 0.216. The molecule has 4 heterocycles. The van der Waals surface area contributed by atoms with Gasteiger partial charge in [-0.25, -0.2) is 0 Å². The number of ether oxygens (including phenoxy) is 2. The third kappa shape index (κ3) is 1.13. The fourth-order valence-electron chi connectivity index (χ4n) is 3.98. The predicted octanol–water partition coefficient (Wildman–Crippen LogP) is -6.80. The molecule has 4 fully saturated rings. The van der Waals surface area contributed by atoms with Gasteiger partial charge in [0.15, 0.2) is 17.9 Å². The second kappa shape index (κ2) is 3.42. The van der Waals surface area contributed by atoms with E-state index in [2.05, 4.69) is 10.3 Å². The number of aliphatic hydroxyl groups excluding tert-OH is 4. The Labute approximate surface area is 112 Å². The zero-order chi connectivity index (χ0) is 14.4. The molecule has 9 atom stereocenters. The highest BCUT2D eigenvalue weighted by Gasteiger charge is 2.81. The summed E-state index contributed by atoms with van der Waals surface area (Å²) in [4.78, 5) is 2.51. The van der Waals surface area contributed by atoms with E-state index in [4.69, 9.17) is 15.2 Å². The minimum Gasteiger partial charge on any atom is -0.388 e. The van der Waals surface area contributed by atoms with Gasteiger partial charge < -0.3 is 35.0 Å². The Hall–Kier alpha value is -1.01. The van der Waals surface area contributed by atoms with E-state index in [1.807, 2.05) is 0 Å². The molecule has 5 rings (SSSR count). The van der Waals surface area contributed by atoms with Crippen LogP contribution >= 0.6 is 0 Å². The lowest BCUT2D eigenvalue weighted by Gasteiger charge is -2.66. The summed E-state index contributed by atoms with van der Waals surface area (Å²) in [6, 6.07) is 0.